The van der Waals surface area contributed by atoms with Crippen LogP contribution in [0.1, 0.15) is 49.4 Å². The molecule has 0 atom stereocenters. The summed E-state index contributed by atoms with van der Waals surface area (Å²) < 4.78 is 43.6. The second kappa shape index (κ2) is 8.31. The molecule has 0 saturated heterocycles. The van der Waals surface area contributed by atoms with Gasteiger partial charge in [-0.15, -0.1) is 13.2 Å². The molecule has 0 unspecified atom stereocenters. The Hall–Kier alpha value is -2.76. The van der Waals surface area contributed by atoms with Gasteiger partial charge in [0.05, 0.1) is 11.4 Å². The van der Waals surface area contributed by atoms with E-state index in [1.807, 2.05) is 29.9 Å². The highest BCUT2D eigenvalue weighted by atomic mass is 19.4. The minimum atomic E-state index is -4.70. The van der Waals surface area contributed by atoms with E-state index in [1.54, 1.807) is 19.1 Å². The van der Waals surface area contributed by atoms with Gasteiger partial charge < -0.3 is 4.74 Å². The number of halogens is 3. The van der Waals surface area contributed by atoms with Crippen LogP contribution >= 0.6 is 0 Å². The fraction of sp³-hybridized carbons (Fsp3) is 0.348. The molecule has 2 aromatic carbocycles. The van der Waals surface area contributed by atoms with Gasteiger partial charge in [-0.2, -0.15) is 5.10 Å². The van der Waals surface area contributed by atoms with E-state index in [2.05, 4.69) is 35.8 Å². The van der Waals surface area contributed by atoms with Crippen LogP contribution in [0.4, 0.5) is 13.2 Å². The lowest BCUT2D eigenvalue weighted by Crippen LogP contribution is -2.17. The third-order valence-electron chi connectivity index (χ3n) is 5.16. The van der Waals surface area contributed by atoms with Gasteiger partial charge >= 0.3 is 6.36 Å². The molecule has 0 aliphatic heterocycles. The van der Waals surface area contributed by atoms with Gasteiger partial charge in [0.15, 0.2) is 0 Å². The molecule has 0 fully saturated rings. The van der Waals surface area contributed by atoms with E-state index < -0.39 is 6.36 Å². The maximum absolute atomic E-state index is 12.5. The van der Waals surface area contributed by atoms with Gasteiger partial charge in [-0.1, -0.05) is 32.0 Å². The summed E-state index contributed by atoms with van der Waals surface area (Å²) in [5.41, 5.74) is 5.33. The van der Waals surface area contributed by atoms with Crippen molar-refractivity contribution in [1.82, 2.24) is 9.78 Å². The monoisotopic (exact) mass is 402 g/mol. The lowest BCUT2D eigenvalue weighted by atomic mass is 9.90. The molecule has 0 spiro atoms. The first kappa shape index (κ1) is 21.0. The van der Waals surface area contributed by atoms with E-state index in [9.17, 15) is 13.2 Å². The SMILES string of the molecule is CCC(CC)c1ccc(-c2ccc(OC(F)(F)F)c(C)c2)cc1-n1ccc(C)n1. The highest BCUT2D eigenvalue weighted by Gasteiger charge is 2.31. The minimum Gasteiger partial charge on any atom is -0.406 e. The van der Waals surface area contributed by atoms with Crippen LogP contribution in [0.3, 0.4) is 0 Å². The van der Waals surface area contributed by atoms with Gasteiger partial charge in [0.1, 0.15) is 5.75 Å². The molecule has 154 valence electrons. The Morgan fingerprint density at radius 2 is 1.62 bits per heavy atom. The van der Waals surface area contributed by atoms with Crippen molar-refractivity contribution >= 4 is 0 Å². The molecule has 1 aromatic heterocycles. The van der Waals surface area contributed by atoms with Gasteiger partial charge in [0, 0.05) is 6.20 Å². The van der Waals surface area contributed by atoms with Crippen molar-refractivity contribution in [3.8, 4) is 22.6 Å². The number of alkyl halides is 3. The van der Waals surface area contributed by atoms with Crippen LogP contribution in [0, 0.1) is 13.8 Å². The molecule has 6 heteroatoms. The van der Waals surface area contributed by atoms with E-state index >= 15 is 0 Å². The van der Waals surface area contributed by atoms with Crippen LogP contribution in [-0.2, 0) is 0 Å². The van der Waals surface area contributed by atoms with Crippen LogP contribution in [0.15, 0.2) is 48.7 Å². The van der Waals surface area contributed by atoms with Gasteiger partial charge in [-0.25, -0.2) is 4.68 Å². The predicted molar refractivity (Wildman–Crippen MR) is 108 cm³/mol. The number of ether oxygens (including phenoxy) is 1. The molecule has 0 aliphatic rings. The average molecular weight is 402 g/mol. The number of rotatable bonds is 6. The zero-order valence-corrected chi connectivity index (χ0v) is 17.0. The highest BCUT2D eigenvalue weighted by Crippen LogP contribution is 2.34. The van der Waals surface area contributed by atoms with Gasteiger partial charge in [0.25, 0.3) is 0 Å². The second-order valence-corrected chi connectivity index (χ2v) is 7.22. The van der Waals surface area contributed by atoms with Crippen LogP contribution in [0.5, 0.6) is 5.75 Å². The van der Waals surface area contributed by atoms with Crippen LogP contribution < -0.4 is 4.74 Å². The normalized spacial score (nSPS) is 11.9. The Kier molecular flexibility index (Phi) is 6.01. The van der Waals surface area contributed by atoms with Crippen LogP contribution in [0.25, 0.3) is 16.8 Å². The van der Waals surface area contributed by atoms with Crippen molar-refractivity contribution in [2.45, 2.75) is 52.8 Å². The Balaban J connectivity index is 2.06. The standard InChI is InChI=1S/C23H25F3N2O/c1-5-17(6-2)20-9-7-19(14-21(20)28-12-11-16(4)27-28)18-8-10-22(15(3)13-18)29-23(24,25)26/h7-14,17H,5-6H2,1-4H3. The maximum atomic E-state index is 12.5. The molecule has 3 aromatic rings. The Morgan fingerprint density at radius 3 is 2.17 bits per heavy atom. The fourth-order valence-corrected chi connectivity index (χ4v) is 3.61. The Bertz CT molecular complexity index is 988. The van der Waals surface area contributed by atoms with E-state index in [1.165, 1.54) is 11.6 Å². The Labute approximate surface area is 169 Å². The number of hydrogen-bond acceptors (Lipinski definition) is 2. The number of aryl methyl sites for hydroxylation is 2. The van der Waals surface area contributed by atoms with Crippen molar-refractivity contribution in [2.75, 3.05) is 0 Å². The van der Waals surface area contributed by atoms with Gasteiger partial charge in [-0.3, -0.25) is 0 Å². The summed E-state index contributed by atoms with van der Waals surface area (Å²) in [5.74, 6) is 0.227. The number of hydrogen-bond donors (Lipinski definition) is 0. The first-order valence-electron chi connectivity index (χ1n) is 9.75. The van der Waals surface area contributed by atoms with E-state index in [0.717, 1.165) is 35.3 Å². The first-order valence-corrected chi connectivity index (χ1v) is 9.75. The molecule has 1 heterocycles. The summed E-state index contributed by atoms with van der Waals surface area (Å²) in [6, 6.07) is 12.9. The van der Waals surface area contributed by atoms with E-state index in [4.69, 9.17) is 0 Å². The maximum Gasteiger partial charge on any atom is 0.573 e. The van der Waals surface area contributed by atoms with Crippen LogP contribution in [-0.4, -0.2) is 16.1 Å². The largest absolute Gasteiger partial charge is 0.573 e. The van der Waals surface area contributed by atoms with Crippen molar-refractivity contribution in [3.05, 3.63) is 65.5 Å². The Morgan fingerprint density at radius 1 is 0.966 bits per heavy atom. The average Bonchev–Trinajstić information content (AvgIpc) is 3.10. The smallest absolute Gasteiger partial charge is 0.406 e. The zero-order chi connectivity index (χ0) is 21.2. The fourth-order valence-electron chi connectivity index (χ4n) is 3.61. The molecule has 0 radical (unpaired) electrons. The van der Waals surface area contributed by atoms with Gasteiger partial charge in [0.2, 0.25) is 0 Å². The van der Waals surface area contributed by atoms with Crippen molar-refractivity contribution in [1.29, 1.82) is 0 Å². The van der Waals surface area contributed by atoms with Gasteiger partial charge in [-0.05, 0) is 79.1 Å². The summed E-state index contributed by atoms with van der Waals surface area (Å²) in [6.45, 7) is 7.90. The topological polar surface area (TPSA) is 27.1 Å². The summed E-state index contributed by atoms with van der Waals surface area (Å²) in [5, 5.41) is 4.57. The molecule has 0 aliphatic carbocycles. The molecule has 3 nitrogen and oxygen atoms in total. The summed E-state index contributed by atoms with van der Waals surface area (Å²) >= 11 is 0. The quantitative estimate of drug-likeness (QED) is 0.446. The molecule has 0 amide bonds. The summed E-state index contributed by atoms with van der Waals surface area (Å²) in [4.78, 5) is 0. The third-order valence-corrected chi connectivity index (χ3v) is 5.16. The minimum absolute atomic E-state index is 0.183. The van der Waals surface area contributed by atoms with Crippen molar-refractivity contribution < 1.29 is 17.9 Å². The molecule has 0 saturated carbocycles. The second-order valence-electron chi connectivity index (χ2n) is 7.22. The molecule has 29 heavy (non-hydrogen) atoms. The predicted octanol–water partition coefficient (Wildman–Crippen LogP) is 6.96. The molecule has 0 bridgehead atoms. The summed E-state index contributed by atoms with van der Waals surface area (Å²) in [6.07, 6.45) is -0.725. The molecular weight excluding hydrogens is 377 g/mol. The van der Waals surface area contributed by atoms with Crippen molar-refractivity contribution in [2.24, 2.45) is 0 Å². The van der Waals surface area contributed by atoms with Crippen molar-refractivity contribution in [3.63, 3.8) is 0 Å². The highest BCUT2D eigenvalue weighted by molar-refractivity contribution is 5.69. The van der Waals surface area contributed by atoms with E-state index in [0.29, 0.717) is 11.5 Å². The lowest BCUT2D eigenvalue weighted by molar-refractivity contribution is -0.274. The molecule has 0 N–H and O–H groups in total. The molecular formula is C23H25F3N2O. The third kappa shape index (κ3) is 4.81. The molecule has 3 rings (SSSR count). The van der Waals surface area contributed by atoms with Crippen LogP contribution in [0.2, 0.25) is 0 Å². The zero-order valence-electron chi connectivity index (χ0n) is 17.0. The van der Waals surface area contributed by atoms with E-state index in [-0.39, 0.29) is 5.75 Å². The lowest BCUT2D eigenvalue weighted by Gasteiger charge is -2.19. The number of benzene rings is 2. The number of aromatic nitrogens is 2. The summed E-state index contributed by atoms with van der Waals surface area (Å²) in [7, 11) is 0. The first-order chi connectivity index (χ1) is 13.7. The number of nitrogens with zero attached hydrogens (tertiary/aromatic N) is 2.